The van der Waals surface area contributed by atoms with Crippen molar-refractivity contribution in [3.05, 3.63) is 35.9 Å². The fraction of sp³-hybridized carbons (Fsp3) is 0.600. The Kier molecular flexibility index (Phi) is 7.94. The SMILES string of the molecule is CC(=O)N[C@H]1C(O)O[C@H](C)[C@@H](O)[C@@H]1O[C@H](C)C(=O)N[C@@H](C)Cc1ccccc1. The maximum atomic E-state index is 12.5. The predicted octanol–water partition coefficient (Wildman–Crippen LogP) is 0.110. The first-order chi connectivity index (χ1) is 13.2. The number of ether oxygens (including phenoxy) is 2. The van der Waals surface area contributed by atoms with Crippen molar-refractivity contribution < 1.29 is 29.3 Å². The largest absolute Gasteiger partial charge is 0.388 e. The number of hydrogen-bond acceptors (Lipinski definition) is 6. The summed E-state index contributed by atoms with van der Waals surface area (Å²) in [5, 5.41) is 25.9. The van der Waals surface area contributed by atoms with Crippen molar-refractivity contribution in [2.45, 2.75) is 76.9 Å². The molecule has 4 N–H and O–H groups in total. The average molecular weight is 394 g/mol. The van der Waals surface area contributed by atoms with Crippen LogP contribution < -0.4 is 10.6 Å². The van der Waals surface area contributed by atoms with Crippen LogP contribution in [0.4, 0.5) is 0 Å². The van der Waals surface area contributed by atoms with Gasteiger partial charge in [0.1, 0.15) is 24.4 Å². The van der Waals surface area contributed by atoms with Gasteiger partial charge in [-0.1, -0.05) is 30.3 Å². The van der Waals surface area contributed by atoms with Crippen LogP contribution in [0.3, 0.4) is 0 Å². The van der Waals surface area contributed by atoms with Gasteiger partial charge in [-0.3, -0.25) is 9.59 Å². The van der Waals surface area contributed by atoms with Crippen LogP contribution >= 0.6 is 0 Å². The Hall–Kier alpha value is -2.00. The maximum Gasteiger partial charge on any atom is 0.249 e. The summed E-state index contributed by atoms with van der Waals surface area (Å²) in [6, 6.07) is 8.69. The second kappa shape index (κ2) is 9.97. The van der Waals surface area contributed by atoms with Crippen molar-refractivity contribution in [1.82, 2.24) is 10.6 Å². The lowest BCUT2D eigenvalue weighted by Gasteiger charge is -2.42. The van der Waals surface area contributed by atoms with Crippen LogP contribution in [0.1, 0.15) is 33.3 Å². The van der Waals surface area contributed by atoms with E-state index in [2.05, 4.69) is 10.6 Å². The van der Waals surface area contributed by atoms with E-state index < -0.39 is 42.7 Å². The first-order valence-electron chi connectivity index (χ1n) is 9.47. The molecule has 1 saturated heterocycles. The van der Waals surface area contributed by atoms with Crippen LogP contribution in [0.25, 0.3) is 0 Å². The molecule has 1 fully saturated rings. The predicted molar refractivity (Wildman–Crippen MR) is 102 cm³/mol. The number of aliphatic hydroxyl groups excluding tert-OH is 2. The van der Waals surface area contributed by atoms with Crippen LogP contribution in [-0.2, 0) is 25.5 Å². The van der Waals surface area contributed by atoms with E-state index in [0.717, 1.165) is 5.56 Å². The molecule has 1 aliphatic heterocycles. The van der Waals surface area contributed by atoms with Crippen LogP contribution in [0.2, 0.25) is 0 Å². The van der Waals surface area contributed by atoms with Gasteiger partial charge in [0.05, 0.1) is 6.10 Å². The monoisotopic (exact) mass is 394 g/mol. The minimum Gasteiger partial charge on any atom is -0.388 e. The number of nitrogens with one attached hydrogen (secondary N) is 2. The number of rotatable bonds is 7. The van der Waals surface area contributed by atoms with Gasteiger partial charge in [-0.2, -0.15) is 0 Å². The molecule has 8 heteroatoms. The van der Waals surface area contributed by atoms with Crippen LogP contribution in [0.15, 0.2) is 30.3 Å². The van der Waals surface area contributed by atoms with E-state index in [-0.39, 0.29) is 11.9 Å². The van der Waals surface area contributed by atoms with E-state index in [0.29, 0.717) is 6.42 Å². The molecule has 0 spiro atoms. The summed E-state index contributed by atoms with van der Waals surface area (Å²) in [4.78, 5) is 24.0. The Labute approximate surface area is 165 Å². The Bertz CT molecular complexity index is 655. The number of amides is 2. The molecule has 1 unspecified atom stereocenters. The molecule has 0 radical (unpaired) electrons. The van der Waals surface area contributed by atoms with E-state index in [1.165, 1.54) is 6.92 Å². The molecule has 8 nitrogen and oxygen atoms in total. The lowest BCUT2D eigenvalue weighted by molar-refractivity contribution is -0.256. The molecule has 1 aliphatic rings. The molecule has 28 heavy (non-hydrogen) atoms. The molecular weight excluding hydrogens is 364 g/mol. The highest BCUT2D eigenvalue weighted by Gasteiger charge is 2.45. The van der Waals surface area contributed by atoms with Gasteiger partial charge >= 0.3 is 0 Å². The molecule has 1 heterocycles. The number of aliphatic hydroxyl groups is 2. The third-order valence-electron chi connectivity index (χ3n) is 4.71. The lowest BCUT2D eigenvalue weighted by Crippen LogP contribution is -2.64. The summed E-state index contributed by atoms with van der Waals surface area (Å²) in [5.41, 5.74) is 1.10. The van der Waals surface area contributed by atoms with Crippen LogP contribution in [-0.4, -0.2) is 64.8 Å². The molecule has 1 aromatic rings. The van der Waals surface area contributed by atoms with Gasteiger partial charge in [0.25, 0.3) is 0 Å². The van der Waals surface area contributed by atoms with Crippen molar-refractivity contribution in [2.75, 3.05) is 0 Å². The van der Waals surface area contributed by atoms with E-state index in [1.807, 2.05) is 37.3 Å². The van der Waals surface area contributed by atoms with Gasteiger partial charge in [-0.05, 0) is 32.8 Å². The topological polar surface area (TPSA) is 117 Å². The highest BCUT2D eigenvalue weighted by molar-refractivity contribution is 5.80. The smallest absolute Gasteiger partial charge is 0.249 e. The second-order valence-corrected chi connectivity index (χ2v) is 7.29. The number of hydrogen-bond donors (Lipinski definition) is 4. The van der Waals surface area contributed by atoms with Gasteiger partial charge in [0, 0.05) is 13.0 Å². The highest BCUT2D eigenvalue weighted by Crippen LogP contribution is 2.23. The van der Waals surface area contributed by atoms with Crippen LogP contribution in [0, 0.1) is 0 Å². The normalized spacial score (nSPS) is 29.6. The number of carbonyl (C=O) groups is 2. The Morgan fingerprint density at radius 3 is 2.46 bits per heavy atom. The molecule has 0 aliphatic carbocycles. The summed E-state index contributed by atoms with van der Waals surface area (Å²) >= 11 is 0. The molecule has 1 aromatic carbocycles. The molecule has 7 atom stereocenters. The van der Waals surface area contributed by atoms with E-state index in [9.17, 15) is 19.8 Å². The van der Waals surface area contributed by atoms with Crippen molar-refractivity contribution in [2.24, 2.45) is 0 Å². The standard InChI is InChI=1S/C20H30N2O6/c1-11(10-15-8-6-5-7-9-15)21-19(25)13(3)27-18-16(22-14(4)23)20(26)28-12(2)17(18)24/h5-9,11-13,16-18,20,24,26H,10H2,1-4H3,(H,21,25)(H,22,23)/t11-,12+,13+,16+,17+,18+,20?/m0/s1. The third kappa shape index (κ3) is 6.00. The van der Waals surface area contributed by atoms with E-state index >= 15 is 0 Å². The second-order valence-electron chi connectivity index (χ2n) is 7.29. The maximum absolute atomic E-state index is 12.5. The summed E-state index contributed by atoms with van der Waals surface area (Å²) in [5.74, 6) is -0.748. The number of carbonyl (C=O) groups excluding carboxylic acids is 2. The molecule has 2 amide bonds. The zero-order chi connectivity index (χ0) is 20.8. The Morgan fingerprint density at radius 2 is 1.86 bits per heavy atom. The van der Waals surface area contributed by atoms with E-state index in [1.54, 1.807) is 13.8 Å². The van der Waals surface area contributed by atoms with Crippen molar-refractivity contribution >= 4 is 11.8 Å². The average Bonchev–Trinajstić information content (AvgIpc) is 2.62. The zero-order valence-electron chi connectivity index (χ0n) is 16.7. The minimum atomic E-state index is -1.35. The van der Waals surface area contributed by atoms with Crippen molar-refractivity contribution in [3.63, 3.8) is 0 Å². The molecule has 0 saturated carbocycles. The molecule has 0 aromatic heterocycles. The fourth-order valence-electron chi connectivity index (χ4n) is 3.26. The summed E-state index contributed by atoms with van der Waals surface area (Å²) < 4.78 is 11.0. The highest BCUT2D eigenvalue weighted by atomic mass is 16.6. The third-order valence-corrected chi connectivity index (χ3v) is 4.71. The first kappa shape index (κ1) is 22.3. The summed E-state index contributed by atoms with van der Waals surface area (Å²) in [6.45, 7) is 6.33. The molecule has 2 rings (SSSR count). The van der Waals surface area contributed by atoms with Gasteiger partial charge in [0.2, 0.25) is 11.8 Å². The first-order valence-corrected chi connectivity index (χ1v) is 9.47. The number of benzene rings is 1. The Balaban J connectivity index is 1.98. The molecular formula is C20H30N2O6. The minimum absolute atomic E-state index is 0.115. The lowest BCUT2D eigenvalue weighted by atomic mass is 9.97. The van der Waals surface area contributed by atoms with Crippen molar-refractivity contribution in [1.29, 1.82) is 0 Å². The van der Waals surface area contributed by atoms with Crippen LogP contribution in [0.5, 0.6) is 0 Å². The summed E-state index contributed by atoms with van der Waals surface area (Å²) in [6.07, 6.45) is -4.39. The fourth-order valence-corrected chi connectivity index (χ4v) is 3.26. The quantitative estimate of drug-likeness (QED) is 0.522. The van der Waals surface area contributed by atoms with Gasteiger partial charge in [-0.25, -0.2) is 0 Å². The van der Waals surface area contributed by atoms with Gasteiger partial charge in [0.15, 0.2) is 6.29 Å². The Morgan fingerprint density at radius 1 is 1.21 bits per heavy atom. The van der Waals surface area contributed by atoms with Gasteiger partial charge < -0.3 is 30.3 Å². The van der Waals surface area contributed by atoms with Crippen molar-refractivity contribution in [3.8, 4) is 0 Å². The zero-order valence-corrected chi connectivity index (χ0v) is 16.7. The molecule has 0 bridgehead atoms. The van der Waals surface area contributed by atoms with E-state index in [4.69, 9.17) is 9.47 Å². The molecule has 156 valence electrons. The summed E-state index contributed by atoms with van der Waals surface area (Å²) in [7, 11) is 0. The van der Waals surface area contributed by atoms with Gasteiger partial charge in [-0.15, -0.1) is 0 Å².